The van der Waals surface area contributed by atoms with E-state index in [1.165, 1.54) is 12.1 Å². The smallest absolute Gasteiger partial charge is 0.387 e. The second-order valence-corrected chi connectivity index (χ2v) is 2.82. The van der Waals surface area contributed by atoms with Gasteiger partial charge in [-0.15, -0.1) is 0 Å². The van der Waals surface area contributed by atoms with Crippen LogP contribution in [0.2, 0.25) is 5.02 Å². The largest absolute Gasteiger partial charge is 0.433 e. The molecule has 0 fully saturated rings. The molecule has 74 valence electrons. The van der Waals surface area contributed by atoms with Gasteiger partial charge in [-0.3, -0.25) is 0 Å². The average molecular weight is 218 g/mol. The Bertz CT molecular complexity index is 362. The van der Waals surface area contributed by atoms with E-state index in [1.807, 2.05) is 6.07 Å². The second kappa shape index (κ2) is 4.77. The Kier molecular flexibility index (Phi) is 3.66. The Morgan fingerprint density at radius 1 is 1.50 bits per heavy atom. The molecule has 0 aliphatic carbocycles. The van der Waals surface area contributed by atoms with Crippen LogP contribution in [0.1, 0.15) is 5.56 Å². The molecule has 1 aromatic carbocycles. The summed E-state index contributed by atoms with van der Waals surface area (Å²) in [6.45, 7) is -2.91. The Morgan fingerprint density at radius 2 is 2.21 bits per heavy atom. The van der Waals surface area contributed by atoms with Gasteiger partial charge in [-0.25, -0.2) is 0 Å². The standard InChI is InChI=1S/C9H6ClF2NO/c10-8-6(4-5-13)2-1-3-7(8)14-9(11)12/h1-3,9H,4H2. The lowest BCUT2D eigenvalue weighted by Gasteiger charge is -2.08. The van der Waals surface area contributed by atoms with Crippen LogP contribution in [-0.4, -0.2) is 6.61 Å². The van der Waals surface area contributed by atoms with Gasteiger partial charge in [-0.05, 0) is 11.6 Å². The molecule has 0 saturated heterocycles. The summed E-state index contributed by atoms with van der Waals surface area (Å²) in [4.78, 5) is 0. The van der Waals surface area contributed by atoms with Gasteiger partial charge in [0.15, 0.2) is 0 Å². The Hall–Kier alpha value is -1.34. The van der Waals surface area contributed by atoms with Gasteiger partial charge in [0.2, 0.25) is 0 Å². The summed E-state index contributed by atoms with van der Waals surface area (Å²) in [6.07, 6.45) is 0.0687. The zero-order valence-corrected chi connectivity index (χ0v) is 7.76. The molecule has 0 radical (unpaired) electrons. The summed E-state index contributed by atoms with van der Waals surface area (Å²) in [5.41, 5.74) is 0.479. The van der Waals surface area contributed by atoms with E-state index in [-0.39, 0.29) is 17.2 Å². The van der Waals surface area contributed by atoms with E-state index in [0.717, 1.165) is 0 Å². The quantitative estimate of drug-likeness (QED) is 0.780. The van der Waals surface area contributed by atoms with Crippen LogP contribution >= 0.6 is 11.6 Å². The number of hydrogen-bond donors (Lipinski definition) is 0. The van der Waals surface area contributed by atoms with Gasteiger partial charge in [-0.2, -0.15) is 14.0 Å². The van der Waals surface area contributed by atoms with Gasteiger partial charge < -0.3 is 4.74 Å². The number of rotatable bonds is 3. The molecule has 0 heterocycles. The second-order valence-electron chi connectivity index (χ2n) is 2.44. The van der Waals surface area contributed by atoms with E-state index >= 15 is 0 Å². The number of hydrogen-bond acceptors (Lipinski definition) is 2. The van der Waals surface area contributed by atoms with E-state index in [9.17, 15) is 8.78 Å². The molecular weight excluding hydrogens is 212 g/mol. The molecule has 2 nitrogen and oxygen atoms in total. The minimum Gasteiger partial charge on any atom is -0.433 e. The minimum absolute atomic E-state index is 0.0642. The lowest BCUT2D eigenvalue weighted by Crippen LogP contribution is -2.03. The van der Waals surface area contributed by atoms with Crippen molar-refractivity contribution < 1.29 is 13.5 Å². The van der Waals surface area contributed by atoms with Crippen molar-refractivity contribution in [1.82, 2.24) is 0 Å². The van der Waals surface area contributed by atoms with Gasteiger partial charge >= 0.3 is 6.61 Å². The number of nitrogens with zero attached hydrogens (tertiary/aromatic N) is 1. The van der Waals surface area contributed by atoms with Crippen LogP contribution in [0.15, 0.2) is 18.2 Å². The molecule has 0 aliphatic heterocycles. The third kappa shape index (κ3) is 2.57. The van der Waals surface area contributed by atoms with E-state index in [2.05, 4.69) is 4.74 Å². The monoisotopic (exact) mass is 217 g/mol. The van der Waals surface area contributed by atoms with Crippen LogP contribution in [0.4, 0.5) is 8.78 Å². The fraction of sp³-hybridized carbons (Fsp3) is 0.222. The van der Waals surface area contributed by atoms with Gasteiger partial charge in [0, 0.05) is 0 Å². The van der Waals surface area contributed by atoms with E-state index in [4.69, 9.17) is 16.9 Å². The molecule has 0 aromatic heterocycles. The maximum absolute atomic E-state index is 11.9. The molecule has 0 unspecified atom stereocenters. The topological polar surface area (TPSA) is 33.0 Å². The Balaban J connectivity index is 2.96. The summed E-state index contributed by atoms with van der Waals surface area (Å²) < 4.78 is 27.9. The zero-order chi connectivity index (χ0) is 10.6. The summed E-state index contributed by atoms with van der Waals surface area (Å²) in [5, 5.41) is 8.48. The lowest BCUT2D eigenvalue weighted by molar-refractivity contribution is -0.0498. The number of alkyl halides is 2. The van der Waals surface area contributed by atoms with Gasteiger partial charge in [0.25, 0.3) is 0 Å². The summed E-state index contributed by atoms with van der Waals surface area (Å²) >= 11 is 5.72. The molecule has 0 saturated carbocycles. The maximum Gasteiger partial charge on any atom is 0.387 e. The van der Waals surface area contributed by atoms with Gasteiger partial charge in [-0.1, -0.05) is 23.7 Å². The van der Waals surface area contributed by atoms with E-state index < -0.39 is 6.61 Å². The highest BCUT2D eigenvalue weighted by Crippen LogP contribution is 2.29. The predicted molar refractivity (Wildman–Crippen MR) is 47.4 cm³/mol. The van der Waals surface area contributed by atoms with Crippen molar-refractivity contribution in [2.75, 3.05) is 0 Å². The van der Waals surface area contributed by atoms with Crippen molar-refractivity contribution >= 4 is 11.6 Å². The highest BCUT2D eigenvalue weighted by molar-refractivity contribution is 6.32. The van der Waals surface area contributed by atoms with Crippen molar-refractivity contribution in [3.8, 4) is 11.8 Å². The molecule has 0 bridgehead atoms. The average Bonchev–Trinajstić information content (AvgIpc) is 2.11. The molecule has 0 aliphatic rings. The summed E-state index contributed by atoms with van der Waals surface area (Å²) in [5.74, 6) is -0.102. The van der Waals surface area contributed by atoms with Crippen molar-refractivity contribution in [3.05, 3.63) is 28.8 Å². The van der Waals surface area contributed by atoms with Gasteiger partial charge in [0.1, 0.15) is 5.75 Å². The predicted octanol–water partition coefficient (Wildman–Crippen LogP) is 3.01. The zero-order valence-electron chi connectivity index (χ0n) is 7.01. The van der Waals surface area contributed by atoms with Crippen molar-refractivity contribution in [1.29, 1.82) is 5.26 Å². The fourth-order valence-electron chi connectivity index (χ4n) is 0.965. The molecule has 1 aromatic rings. The van der Waals surface area contributed by atoms with Crippen molar-refractivity contribution in [3.63, 3.8) is 0 Å². The first-order chi connectivity index (χ1) is 6.65. The number of halogens is 3. The lowest BCUT2D eigenvalue weighted by atomic mass is 10.1. The third-order valence-corrected chi connectivity index (χ3v) is 1.96. The minimum atomic E-state index is -2.91. The van der Waals surface area contributed by atoms with Crippen molar-refractivity contribution in [2.45, 2.75) is 13.0 Å². The first-order valence-electron chi connectivity index (χ1n) is 3.74. The molecule has 0 N–H and O–H groups in total. The molecule has 5 heteroatoms. The summed E-state index contributed by atoms with van der Waals surface area (Å²) in [6, 6.07) is 6.30. The van der Waals surface area contributed by atoms with Crippen LogP contribution in [0, 0.1) is 11.3 Å². The SMILES string of the molecule is N#CCc1cccc(OC(F)F)c1Cl. The summed E-state index contributed by atoms with van der Waals surface area (Å²) in [7, 11) is 0. The molecule has 0 atom stereocenters. The maximum atomic E-state index is 11.9. The fourth-order valence-corrected chi connectivity index (χ4v) is 1.20. The molecule has 14 heavy (non-hydrogen) atoms. The number of ether oxygens (including phenoxy) is 1. The molecular formula is C9H6ClF2NO. The van der Waals surface area contributed by atoms with Crippen LogP contribution in [-0.2, 0) is 6.42 Å². The van der Waals surface area contributed by atoms with Gasteiger partial charge in [0.05, 0.1) is 17.5 Å². The first kappa shape index (κ1) is 10.7. The molecule has 0 spiro atoms. The van der Waals surface area contributed by atoms with Crippen LogP contribution < -0.4 is 4.74 Å². The molecule has 0 amide bonds. The highest BCUT2D eigenvalue weighted by Gasteiger charge is 2.10. The Morgan fingerprint density at radius 3 is 2.79 bits per heavy atom. The molecule has 1 rings (SSSR count). The first-order valence-corrected chi connectivity index (χ1v) is 4.12. The Labute approximate surface area is 84.7 Å². The normalized spacial score (nSPS) is 9.93. The van der Waals surface area contributed by atoms with E-state index in [0.29, 0.717) is 5.56 Å². The van der Waals surface area contributed by atoms with Crippen molar-refractivity contribution in [2.24, 2.45) is 0 Å². The van der Waals surface area contributed by atoms with Crippen LogP contribution in [0.25, 0.3) is 0 Å². The van der Waals surface area contributed by atoms with Crippen LogP contribution in [0.3, 0.4) is 0 Å². The number of nitriles is 1. The highest BCUT2D eigenvalue weighted by atomic mass is 35.5. The number of benzene rings is 1. The van der Waals surface area contributed by atoms with Crippen LogP contribution in [0.5, 0.6) is 5.75 Å². The third-order valence-electron chi connectivity index (χ3n) is 1.53. The van der Waals surface area contributed by atoms with E-state index in [1.54, 1.807) is 6.07 Å².